The third-order valence-electron chi connectivity index (χ3n) is 5.20. The number of pyridine rings is 1. The lowest BCUT2D eigenvalue weighted by molar-refractivity contribution is -0.124. The van der Waals surface area contributed by atoms with Gasteiger partial charge < -0.3 is 20.1 Å². The molecule has 1 atom stereocenters. The Bertz CT molecular complexity index is 885. The zero-order valence-electron chi connectivity index (χ0n) is 17.8. The second-order valence-electron chi connectivity index (χ2n) is 8.60. The molecule has 1 aliphatic heterocycles. The van der Waals surface area contributed by atoms with Crippen molar-refractivity contribution in [1.82, 2.24) is 30.1 Å². The van der Waals surface area contributed by atoms with Gasteiger partial charge in [-0.1, -0.05) is 20.8 Å². The lowest BCUT2D eigenvalue weighted by Gasteiger charge is -2.29. The van der Waals surface area contributed by atoms with E-state index in [1.54, 1.807) is 19.4 Å². The van der Waals surface area contributed by atoms with Crippen LogP contribution in [0.5, 0.6) is 0 Å². The average molecular weight is 399 g/mol. The van der Waals surface area contributed by atoms with Crippen molar-refractivity contribution in [2.75, 3.05) is 20.6 Å². The highest BCUT2D eigenvalue weighted by atomic mass is 16.2. The number of aromatic nitrogens is 3. The van der Waals surface area contributed by atoms with Crippen molar-refractivity contribution in [3.8, 4) is 11.4 Å². The Balaban J connectivity index is 2.03. The molecule has 8 heteroatoms. The van der Waals surface area contributed by atoms with E-state index in [4.69, 9.17) is 4.98 Å². The molecule has 2 N–H and O–H groups in total. The summed E-state index contributed by atoms with van der Waals surface area (Å²) in [7, 11) is 3.61. The van der Waals surface area contributed by atoms with Crippen molar-refractivity contribution in [3.63, 3.8) is 0 Å². The van der Waals surface area contributed by atoms with Crippen LogP contribution in [0, 0.1) is 5.41 Å². The summed E-state index contributed by atoms with van der Waals surface area (Å²) >= 11 is 0. The molecule has 0 saturated heterocycles. The normalized spacial score (nSPS) is 15.9. The highest BCUT2D eigenvalue weighted by Gasteiger charge is 2.34. The molecule has 0 aromatic carbocycles. The molecule has 0 aliphatic carbocycles. The standard InChI is InChI=1S/C21H30N6O2/c1-21(2,3)17(20(29)22-4)25-19(28)16-15-13-26(5)10-7-11-27(15)18(24-16)14-8-6-9-23-12-14/h6,8-9,12,17H,7,10-11,13H2,1-5H3,(H,22,29)(H,25,28)/t17-/m1/s1. The van der Waals surface area contributed by atoms with E-state index in [2.05, 4.69) is 25.1 Å². The van der Waals surface area contributed by atoms with Crippen LogP contribution in [0.15, 0.2) is 24.5 Å². The number of likely N-dealkylation sites (N-methyl/N-ethyl adjacent to an activating group) is 1. The molecule has 2 amide bonds. The van der Waals surface area contributed by atoms with Crippen molar-refractivity contribution in [1.29, 1.82) is 0 Å². The summed E-state index contributed by atoms with van der Waals surface area (Å²) in [5.74, 6) is 0.185. The summed E-state index contributed by atoms with van der Waals surface area (Å²) in [5.41, 5.74) is 1.67. The van der Waals surface area contributed by atoms with Crippen molar-refractivity contribution < 1.29 is 9.59 Å². The molecule has 0 spiro atoms. The van der Waals surface area contributed by atoms with E-state index in [0.717, 1.165) is 36.6 Å². The largest absolute Gasteiger partial charge is 0.357 e. The van der Waals surface area contributed by atoms with Gasteiger partial charge in [-0.05, 0) is 37.6 Å². The van der Waals surface area contributed by atoms with Gasteiger partial charge in [0, 0.05) is 38.1 Å². The van der Waals surface area contributed by atoms with Gasteiger partial charge in [0.15, 0.2) is 5.69 Å². The first-order chi connectivity index (χ1) is 13.7. The summed E-state index contributed by atoms with van der Waals surface area (Å²) in [6.45, 7) is 8.12. The van der Waals surface area contributed by atoms with Gasteiger partial charge in [-0.2, -0.15) is 0 Å². The van der Waals surface area contributed by atoms with Crippen LogP contribution in [0.2, 0.25) is 0 Å². The van der Waals surface area contributed by atoms with Crippen LogP contribution >= 0.6 is 0 Å². The monoisotopic (exact) mass is 398 g/mol. The van der Waals surface area contributed by atoms with Crippen molar-refractivity contribution >= 4 is 11.8 Å². The minimum atomic E-state index is -0.664. The molecule has 0 unspecified atom stereocenters. The maximum Gasteiger partial charge on any atom is 0.272 e. The summed E-state index contributed by atoms with van der Waals surface area (Å²) < 4.78 is 2.11. The third-order valence-corrected chi connectivity index (χ3v) is 5.20. The molecule has 2 aromatic rings. The number of nitrogens with one attached hydrogen (secondary N) is 2. The smallest absolute Gasteiger partial charge is 0.272 e. The lowest BCUT2D eigenvalue weighted by Crippen LogP contribution is -2.53. The second-order valence-corrected chi connectivity index (χ2v) is 8.60. The van der Waals surface area contributed by atoms with E-state index in [1.807, 2.05) is 40.0 Å². The maximum absolute atomic E-state index is 13.3. The molecule has 0 fully saturated rings. The molecule has 8 nitrogen and oxygen atoms in total. The summed E-state index contributed by atoms with van der Waals surface area (Å²) in [5, 5.41) is 5.56. The van der Waals surface area contributed by atoms with E-state index < -0.39 is 11.5 Å². The van der Waals surface area contributed by atoms with Gasteiger partial charge in [0.25, 0.3) is 5.91 Å². The minimum Gasteiger partial charge on any atom is -0.357 e. The molecule has 0 saturated carbocycles. The molecular formula is C21H30N6O2. The van der Waals surface area contributed by atoms with Crippen LogP contribution in [0.1, 0.15) is 43.4 Å². The zero-order valence-corrected chi connectivity index (χ0v) is 17.8. The van der Waals surface area contributed by atoms with Gasteiger partial charge >= 0.3 is 0 Å². The molecule has 0 bridgehead atoms. The lowest BCUT2D eigenvalue weighted by atomic mass is 9.86. The first-order valence-corrected chi connectivity index (χ1v) is 9.93. The number of hydrogen-bond donors (Lipinski definition) is 2. The number of nitrogens with zero attached hydrogens (tertiary/aromatic N) is 4. The number of imidazole rings is 1. The topological polar surface area (TPSA) is 92.1 Å². The minimum absolute atomic E-state index is 0.222. The highest BCUT2D eigenvalue weighted by Crippen LogP contribution is 2.26. The van der Waals surface area contributed by atoms with E-state index in [1.165, 1.54) is 0 Å². The summed E-state index contributed by atoms with van der Waals surface area (Å²) in [6.07, 6.45) is 4.44. The zero-order chi connectivity index (χ0) is 21.2. The Morgan fingerprint density at radius 3 is 2.62 bits per heavy atom. The Labute approximate surface area is 171 Å². The van der Waals surface area contributed by atoms with Crippen molar-refractivity contribution in [2.24, 2.45) is 5.41 Å². The number of carbonyl (C=O) groups excluding carboxylic acids is 2. The number of hydrogen-bond acceptors (Lipinski definition) is 5. The van der Waals surface area contributed by atoms with Crippen molar-refractivity contribution in [2.45, 2.75) is 46.3 Å². The van der Waals surface area contributed by atoms with Crippen molar-refractivity contribution in [3.05, 3.63) is 35.9 Å². The fourth-order valence-electron chi connectivity index (χ4n) is 3.64. The summed E-state index contributed by atoms with van der Waals surface area (Å²) in [6, 6.07) is 3.14. The van der Waals surface area contributed by atoms with Gasteiger partial charge in [0.1, 0.15) is 11.9 Å². The highest BCUT2D eigenvalue weighted by molar-refractivity contribution is 5.97. The number of carbonyl (C=O) groups is 2. The molecule has 0 radical (unpaired) electrons. The first kappa shape index (κ1) is 21.0. The number of amides is 2. The average Bonchev–Trinajstić information content (AvgIpc) is 2.92. The fraction of sp³-hybridized carbons (Fsp3) is 0.524. The van der Waals surface area contributed by atoms with Crippen LogP contribution in [-0.4, -0.2) is 57.9 Å². The maximum atomic E-state index is 13.3. The molecule has 156 valence electrons. The number of fused-ring (bicyclic) bond motifs is 1. The summed E-state index contributed by atoms with van der Waals surface area (Å²) in [4.78, 5) is 36.7. The van der Waals surface area contributed by atoms with Gasteiger partial charge in [-0.15, -0.1) is 0 Å². The molecule has 2 aromatic heterocycles. The Hall–Kier alpha value is -2.74. The predicted octanol–water partition coefficient (Wildman–Crippen LogP) is 1.67. The van der Waals surface area contributed by atoms with Gasteiger partial charge in [0.05, 0.1) is 5.69 Å². The third kappa shape index (κ3) is 4.48. The quantitative estimate of drug-likeness (QED) is 0.817. The number of rotatable bonds is 4. The molecule has 29 heavy (non-hydrogen) atoms. The second kappa shape index (κ2) is 8.32. The van der Waals surface area contributed by atoms with Crippen LogP contribution in [0.4, 0.5) is 0 Å². The van der Waals surface area contributed by atoms with E-state index in [9.17, 15) is 9.59 Å². The van der Waals surface area contributed by atoms with E-state index >= 15 is 0 Å². The fourth-order valence-corrected chi connectivity index (χ4v) is 3.64. The SMILES string of the molecule is CNC(=O)[C@@H](NC(=O)c1nc(-c2cccnc2)n2c1CN(C)CCC2)C(C)(C)C. The van der Waals surface area contributed by atoms with Gasteiger partial charge in [-0.25, -0.2) is 4.98 Å². The molecule has 3 rings (SSSR count). The van der Waals surface area contributed by atoms with Crippen LogP contribution in [0.3, 0.4) is 0 Å². The molecule has 3 heterocycles. The molecule has 1 aliphatic rings. The van der Waals surface area contributed by atoms with Crippen LogP contribution in [-0.2, 0) is 17.9 Å². The first-order valence-electron chi connectivity index (χ1n) is 9.93. The van der Waals surface area contributed by atoms with Gasteiger partial charge in [-0.3, -0.25) is 14.6 Å². The van der Waals surface area contributed by atoms with Gasteiger partial charge in [0.2, 0.25) is 5.91 Å². The Morgan fingerprint density at radius 1 is 1.24 bits per heavy atom. The van der Waals surface area contributed by atoms with Crippen LogP contribution < -0.4 is 10.6 Å². The Kier molecular flexibility index (Phi) is 6.02. The van der Waals surface area contributed by atoms with E-state index in [0.29, 0.717) is 12.2 Å². The van der Waals surface area contributed by atoms with E-state index in [-0.39, 0.29) is 11.8 Å². The predicted molar refractivity (Wildman–Crippen MR) is 111 cm³/mol. The Morgan fingerprint density at radius 2 is 2.00 bits per heavy atom. The molecular weight excluding hydrogens is 368 g/mol. The van der Waals surface area contributed by atoms with Crippen LogP contribution in [0.25, 0.3) is 11.4 Å².